The molecule has 25 heavy (non-hydrogen) atoms. The maximum absolute atomic E-state index is 5.56. The Morgan fingerprint density at radius 3 is 2.72 bits per heavy atom. The van der Waals surface area contributed by atoms with Crippen molar-refractivity contribution in [3.05, 3.63) is 65.2 Å². The van der Waals surface area contributed by atoms with Crippen LogP contribution in [0.5, 0.6) is 5.75 Å². The van der Waals surface area contributed by atoms with E-state index in [0.29, 0.717) is 6.54 Å². The number of hydrogen-bond donors (Lipinski definition) is 2. The van der Waals surface area contributed by atoms with Crippen LogP contribution < -0.4 is 15.4 Å². The molecule has 1 heterocycles. The monoisotopic (exact) mass is 451 g/mol. The van der Waals surface area contributed by atoms with Gasteiger partial charge >= 0.3 is 0 Å². The Morgan fingerprint density at radius 2 is 1.92 bits per heavy atom. The average Bonchev–Trinajstić information content (AvgIpc) is 3.08. The minimum absolute atomic E-state index is 0. The van der Waals surface area contributed by atoms with Crippen molar-refractivity contribution in [2.75, 3.05) is 19.7 Å². The van der Waals surface area contributed by atoms with E-state index in [1.165, 1.54) is 16.7 Å². The first-order valence-corrected chi connectivity index (χ1v) is 8.66. The number of rotatable bonds is 6. The summed E-state index contributed by atoms with van der Waals surface area (Å²) in [4.78, 5) is 4.65. The maximum atomic E-state index is 5.56. The molecule has 0 bridgehead atoms. The second-order valence-electron chi connectivity index (χ2n) is 5.90. The molecule has 0 radical (unpaired) electrons. The quantitative estimate of drug-likeness (QED) is 0.401. The van der Waals surface area contributed by atoms with Gasteiger partial charge in [0.05, 0.1) is 13.2 Å². The summed E-state index contributed by atoms with van der Waals surface area (Å²) >= 11 is 0. The fourth-order valence-corrected chi connectivity index (χ4v) is 2.82. The highest BCUT2D eigenvalue weighted by Crippen LogP contribution is 2.25. The summed E-state index contributed by atoms with van der Waals surface area (Å²) in [5.41, 5.74) is 3.89. The van der Waals surface area contributed by atoms with E-state index in [2.05, 4.69) is 52.9 Å². The van der Waals surface area contributed by atoms with Gasteiger partial charge in [0.25, 0.3) is 0 Å². The molecule has 0 atom stereocenters. The van der Waals surface area contributed by atoms with Gasteiger partial charge in [-0.3, -0.25) is 0 Å². The maximum Gasteiger partial charge on any atom is 0.191 e. The molecule has 0 unspecified atom stereocenters. The van der Waals surface area contributed by atoms with Crippen molar-refractivity contribution >= 4 is 29.9 Å². The largest absolute Gasteiger partial charge is 0.493 e. The lowest BCUT2D eigenvalue weighted by molar-refractivity contribution is 0.357. The first-order valence-electron chi connectivity index (χ1n) is 8.66. The van der Waals surface area contributed by atoms with Gasteiger partial charge in [-0.25, -0.2) is 4.99 Å². The highest BCUT2D eigenvalue weighted by Gasteiger charge is 2.11. The molecule has 0 saturated carbocycles. The van der Waals surface area contributed by atoms with Crippen LogP contribution in [0.15, 0.2) is 53.5 Å². The van der Waals surface area contributed by atoms with Gasteiger partial charge in [0.1, 0.15) is 5.75 Å². The number of aliphatic imine (C=N–C) groups is 1. The Bertz CT molecular complexity index is 689. The lowest BCUT2D eigenvalue weighted by Crippen LogP contribution is -2.38. The number of fused-ring (bicyclic) bond motifs is 1. The number of hydrogen-bond acceptors (Lipinski definition) is 2. The van der Waals surface area contributed by atoms with Gasteiger partial charge in [0.15, 0.2) is 5.96 Å². The van der Waals surface area contributed by atoms with Gasteiger partial charge in [-0.15, -0.1) is 24.0 Å². The summed E-state index contributed by atoms with van der Waals surface area (Å²) in [6.45, 7) is 5.30. The Labute approximate surface area is 167 Å². The zero-order valence-electron chi connectivity index (χ0n) is 14.6. The van der Waals surface area contributed by atoms with Gasteiger partial charge in [-0.1, -0.05) is 42.5 Å². The number of guanidine groups is 1. The number of nitrogens with one attached hydrogen (secondary N) is 2. The first-order chi connectivity index (χ1) is 11.8. The van der Waals surface area contributed by atoms with Gasteiger partial charge in [0.2, 0.25) is 0 Å². The van der Waals surface area contributed by atoms with Crippen LogP contribution in [-0.2, 0) is 19.4 Å². The topological polar surface area (TPSA) is 45.7 Å². The fourth-order valence-electron chi connectivity index (χ4n) is 2.82. The SMILES string of the molecule is CCNC(=NCc1ccccc1)NCCc1ccc2c(c1)CCO2.I. The summed E-state index contributed by atoms with van der Waals surface area (Å²) in [5, 5.41) is 6.71. The molecule has 2 aromatic carbocycles. The molecular weight excluding hydrogens is 425 g/mol. The van der Waals surface area contributed by atoms with Crippen molar-refractivity contribution < 1.29 is 4.74 Å². The summed E-state index contributed by atoms with van der Waals surface area (Å²) in [6, 6.07) is 16.8. The standard InChI is InChI=1S/C20H25N3O.HI/c1-2-21-20(23-15-17-6-4-3-5-7-17)22-12-10-16-8-9-19-18(14-16)11-13-24-19;/h3-9,14H,2,10-13,15H2,1H3,(H2,21,22,23);1H. The van der Waals surface area contributed by atoms with Crippen molar-refractivity contribution in [1.82, 2.24) is 10.6 Å². The van der Waals surface area contributed by atoms with Crippen LogP contribution in [0.2, 0.25) is 0 Å². The van der Waals surface area contributed by atoms with Gasteiger partial charge in [0, 0.05) is 19.5 Å². The molecular formula is C20H26IN3O. The lowest BCUT2D eigenvalue weighted by atomic mass is 10.1. The van der Waals surface area contributed by atoms with E-state index in [1.807, 2.05) is 18.2 Å². The van der Waals surface area contributed by atoms with Crippen molar-refractivity contribution in [2.45, 2.75) is 26.3 Å². The highest BCUT2D eigenvalue weighted by atomic mass is 127. The molecule has 5 heteroatoms. The second-order valence-corrected chi connectivity index (χ2v) is 5.90. The minimum atomic E-state index is 0. The molecule has 0 fully saturated rings. The van der Waals surface area contributed by atoms with Gasteiger partial charge < -0.3 is 15.4 Å². The molecule has 2 N–H and O–H groups in total. The molecule has 0 aliphatic carbocycles. The Kier molecular flexibility index (Phi) is 8.04. The van der Waals surface area contributed by atoms with Crippen LogP contribution in [0.1, 0.15) is 23.6 Å². The Hall–Kier alpha value is -1.76. The summed E-state index contributed by atoms with van der Waals surface area (Å²) in [5.74, 6) is 1.91. The third-order valence-corrected chi connectivity index (χ3v) is 4.07. The van der Waals surface area contributed by atoms with Crippen LogP contribution in [0.25, 0.3) is 0 Å². The van der Waals surface area contributed by atoms with Crippen LogP contribution >= 0.6 is 24.0 Å². The summed E-state index contributed by atoms with van der Waals surface area (Å²) < 4.78 is 5.56. The predicted molar refractivity (Wildman–Crippen MR) is 114 cm³/mol. The summed E-state index contributed by atoms with van der Waals surface area (Å²) in [6.07, 6.45) is 2.00. The van der Waals surface area contributed by atoms with E-state index in [0.717, 1.165) is 44.2 Å². The molecule has 0 spiro atoms. The third kappa shape index (κ3) is 5.92. The first kappa shape index (κ1) is 19.6. The summed E-state index contributed by atoms with van der Waals surface area (Å²) in [7, 11) is 0. The lowest BCUT2D eigenvalue weighted by Gasteiger charge is -2.11. The Balaban J connectivity index is 0.00000225. The predicted octanol–water partition coefficient (Wildman–Crippen LogP) is 3.54. The van der Waals surface area contributed by atoms with E-state index in [9.17, 15) is 0 Å². The van der Waals surface area contributed by atoms with Crippen molar-refractivity contribution in [1.29, 1.82) is 0 Å². The Morgan fingerprint density at radius 1 is 1.08 bits per heavy atom. The van der Waals surface area contributed by atoms with Gasteiger partial charge in [-0.2, -0.15) is 0 Å². The van der Waals surface area contributed by atoms with Crippen molar-refractivity contribution in [3.63, 3.8) is 0 Å². The van der Waals surface area contributed by atoms with Crippen LogP contribution in [-0.4, -0.2) is 25.7 Å². The smallest absolute Gasteiger partial charge is 0.191 e. The normalized spacial score (nSPS) is 12.8. The van der Waals surface area contributed by atoms with E-state index in [-0.39, 0.29) is 24.0 Å². The number of ether oxygens (including phenoxy) is 1. The van der Waals surface area contributed by atoms with E-state index in [1.54, 1.807) is 0 Å². The minimum Gasteiger partial charge on any atom is -0.493 e. The van der Waals surface area contributed by atoms with E-state index in [4.69, 9.17) is 4.74 Å². The number of halogens is 1. The van der Waals surface area contributed by atoms with Crippen LogP contribution in [0, 0.1) is 0 Å². The highest BCUT2D eigenvalue weighted by molar-refractivity contribution is 14.0. The second kappa shape index (κ2) is 10.3. The molecule has 2 aromatic rings. The number of nitrogens with zero attached hydrogens (tertiary/aromatic N) is 1. The molecule has 4 nitrogen and oxygen atoms in total. The molecule has 134 valence electrons. The fraction of sp³-hybridized carbons (Fsp3) is 0.350. The molecule has 1 aliphatic heterocycles. The zero-order valence-corrected chi connectivity index (χ0v) is 17.0. The molecule has 1 aliphatic rings. The van der Waals surface area contributed by atoms with Crippen molar-refractivity contribution in [2.24, 2.45) is 4.99 Å². The van der Waals surface area contributed by atoms with E-state index < -0.39 is 0 Å². The number of benzene rings is 2. The van der Waals surface area contributed by atoms with Crippen LogP contribution in [0.4, 0.5) is 0 Å². The molecule has 0 amide bonds. The average molecular weight is 451 g/mol. The van der Waals surface area contributed by atoms with Crippen LogP contribution in [0.3, 0.4) is 0 Å². The molecule has 3 rings (SSSR count). The van der Waals surface area contributed by atoms with E-state index >= 15 is 0 Å². The zero-order chi connectivity index (χ0) is 16.6. The molecule has 0 aromatic heterocycles. The van der Waals surface area contributed by atoms with Crippen molar-refractivity contribution in [3.8, 4) is 5.75 Å². The van der Waals surface area contributed by atoms with Gasteiger partial charge in [-0.05, 0) is 36.1 Å². The third-order valence-electron chi connectivity index (χ3n) is 4.07. The molecule has 0 saturated heterocycles.